The molecule has 8 bridgehead atoms. The van der Waals surface area contributed by atoms with E-state index in [-0.39, 0.29) is 137 Å². The van der Waals surface area contributed by atoms with Crippen molar-refractivity contribution in [1.82, 2.24) is 0 Å². The van der Waals surface area contributed by atoms with Crippen LogP contribution in [0, 0.1) is 112 Å². The van der Waals surface area contributed by atoms with Crippen molar-refractivity contribution in [3.8, 4) is 0 Å². The summed E-state index contributed by atoms with van der Waals surface area (Å²) in [6.45, 7) is 31.3. The SMILES string of the molecule is C=C(C)C(=O)OCC(=O)OC1C2CC3C1OC(=O)C3C2C(=O)OC1(C(C)C)CCCC1.C=C(C)C(=O)OCC(=O)OC1C2CC3C1OC(=O)C3C2C(=O)OC1(CC)CCCC1.C=C(C)C(=O)OCC1C2CC3C1OC(=O)C3C2C(=O)OC1(C(C)C)CCCC1.C=C(C)C(=O)OCCC(=O)OC1C2CC3C1OC(=O)C3C2C(=O)OC1(CC)CCCC1. The zero-order chi connectivity index (χ0) is 86.7. The summed E-state index contributed by atoms with van der Waals surface area (Å²) in [6.07, 6.45) is 14.9. The van der Waals surface area contributed by atoms with Gasteiger partial charge in [-0.1, -0.05) is 67.9 Å². The third kappa shape index (κ3) is 16.9. The highest BCUT2D eigenvalue weighted by molar-refractivity contribution is 5.92. The Morgan fingerprint density at radius 3 is 0.983 bits per heavy atom. The zero-order valence-electron chi connectivity index (χ0n) is 70.7. The lowest BCUT2D eigenvalue weighted by Crippen LogP contribution is -2.47. The van der Waals surface area contributed by atoms with Crippen LogP contribution < -0.4 is 0 Å². The van der Waals surface area contributed by atoms with Gasteiger partial charge in [-0.3, -0.25) is 43.2 Å². The molecule has 0 aromatic carbocycles. The Morgan fingerprint density at radius 1 is 0.367 bits per heavy atom. The van der Waals surface area contributed by atoms with Gasteiger partial charge in [0.25, 0.3) is 0 Å². The number of carbonyl (C=O) groups is 15. The molecule has 0 spiro atoms. The second-order valence-electron chi connectivity index (χ2n) is 37.4. The number of esters is 15. The van der Waals surface area contributed by atoms with Gasteiger partial charge in [0.05, 0.1) is 60.4 Å². The first-order chi connectivity index (χ1) is 56.9. The molecule has 0 amide bonds. The van der Waals surface area contributed by atoms with E-state index in [0.717, 1.165) is 122 Å². The van der Waals surface area contributed by atoms with E-state index in [1.54, 1.807) is 6.92 Å². The minimum Gasteiger partial charge on any atom is -0.462 e. The number of carbonyl (C=O) groups excluding carboxylic acids is 15. The summed E-state index contributed by atoms with van der Waals surface area (Å²) in [6, 6.07) is 0. The van der Waals surface area contributed by atoms with Gasteiger partial charge in [0.1, 0.15) is 71.7 Å². The van der Waals surface area contributed by atoms with E-state index in [1.807, 2.05) is 13.8 Å². The smallest absolute Gasteiger partial charge is 0.344 e. The third-order valence-electron chi connectivity index (χ3n) is 29.8. The molecule has 0 N–H and O–H groups in total. The van der Waals surface area contributed by atoms with Crippen LogP contribution in [0.5, 0.6) is 0 Å². The summed E-state index contributed by atoms with van der Waals surface area (Å²) in [5.41, 5.74) is -0.875. The van der Waals surface area contributed by atoms with Crippen molar-refractivity contribution in [2.24, 2.45) is 112 Å². The van der Waals surface area contributed by atoms with Crippen LogP contribution in [-0.2, 0) is 143 Å². The molecule has 4 aliphatic heterocycles. The normalized spacial score (nSPS) is 35.2. The maximum absolute atomic E-state index is 13.3. The van der Waals surface area contributed by atoms with Gasteiger partial charge in [0, 0.05) is 69.6 Å². The van der Waals surface area contributed by atoms with Gasteiger partial charge < -0.3 is 71.1 Å². The van der Waals surface area contributed by atoms with Crippen molar-refractivity contribution < 1.29 is 143 Å². The van der Waals surface area contributed by atoms with Gasteiger partial charge in [-0.15, -0.1) is 0 Å². The summed E-state index contributed by atoms with van der Waals surface area (Å²) in [5.74, 6) is -13.0. The Hall–Kier alpha value is -8.99. The molecular weight excluding hydrogens is 1560 g/mol. The summed E-state index contributed by atoms with van der Waals surface area (Å²) in [5, 5.41) is 0. The highest BCUT2D eigenvalue weighted by Gasteiger charge is 2.75. The maximum Gasteiger partial charge on any atom is 0.344 e. The molecule has 12 saturated carbocycles. The van der Waals surface area contributed by atoms with Crippen molar-refractivity contribution >= 4 is 89.5 Å². The molecule has 4 heterocycles. The number of ether oxygens (including phenoxy) is 15. The molecule has 4 saturated heterocycles. The highest BCUT2D eigenvalue weighted by atomic mass is 16.6. The fourth-order valence-electron chi connectivity index (χ4n) is 23.6. The molecule has 0 aromatic heterocycles. The molecule has 0 radical (unpaired) electrons. The average Bonchev–Trinajstić information content (AvgIpc) is 1.57. The average molecular weight is 1680 g/mol. The minimum absolute atomic E-state index is 0.0298. The fourth-order valence-corrected chi connectivity index (χ4v) is 23.6. The zero-order valence-corrected chi connectivity index (χ0v) is 70.7. The lowest BCUT2D eigenvalue weighted by Gasteiger charge is -2.37. The largest absolute Gasteiger partial charge is 0.462 e. The Kier molecular flexibility index (Phi) is 26.2. The van der Waals surface area contributed by atoms with E-state index in [1.165, 1.54) is 20.8 Å². The molecular formula is C90H118O30. The first kappa shape index (κ1) is 88.8. The van der Waals surface area contributed by atoms with E-state index in [9.17, 15) is 71.9 Å². The Bertz CT molecular complexity index is 4120. The first-order valence-electron chi connectivity index (χ1n) is 43.5. The molecule has 30 nitrogen and oxygen atoms in total. The Labute approximate surface area is 699 Å². The Balaban J connectivity index is 0.000000138. The van der Waals surface area contributed by atoms with Crippen molar-refractivity contribution in [2.75, 3.05) is 26.4 Å². The predicted octanol–water partition coefficient (Wildman–Crippen LogP) is 9.95. The quantitative estimate of drug-likeness (QED) is 0.0399. The lowest BCUT2D eigenvalue weighted by molar-refractivity contribution is -0.180. The van der Waals surface area contributed by atoms with Gasteiger partial charge in [-0.05, 0) is 187 Å². The fraction of sp³-hybridized carbons (Fsp3) is 0.744. The molecule has 120 heavy (non-hydrogen) atoms. The van der Waals surface area contributed by atoms with Gasteiger partial charge >= 0.3 is 89.5 Å². The molecule has 16 rings (SSSR count). The predicted molar refractivity (Wildman–Crippen MR) is 414 cm³/mol. The summed E-state index contributed by atoms with van der Waals surface area (Å²) < 4.78 is 83.0. The van der Waals surface area contributed by atoms with Crippen LogP contribution in [0.15, 0.2) is 48.6 Å². The van der Waals surface area contributed by atoms with Crippen LogP contribution in [0.25, 0.3) is 0 Å². The van der Waals surface area contributed by atoms with Crippen molar-refractivity contribution in [1.29, 1.82) is 0 Å². The molecule has 0 aromatic rings. The summed E-state index contributed by atoms with van der Waals surface area (Å²) in [4.78, 5) is 186. The lowest BCUT2D eigenvalue weighted by atomic mass is 9.74. The number of fused-ring (bicyclic) bond motifs is 4. The Morgan fingerprint density at radius 2 is 0.650 bits per heavy atom. The third-order valence-corrected chi connectivity index (χ3v) is 29.8. The van der Waals surface area contributed by atoms with Crippen LogP contribution in [0.3, 0.4) is 0 Å². The molecule has 16 fully saturated rings. The summed E-state index contributed by atoms with van der Waals surface area (Å²) in [7, 11) is 0. The molecule has 12 aliphatic carbocycles. The topological polar surface area (TPSA) is 394 Å². The van der Waals surface area contributed by atoms with Gasteiger partial charge in [0.15, 0.2) is 13.2 Å². The molecule has 16 aliphatic rings. The van der Waals surface area contributed by atoms with Crippen LogP contribution in [-0.4, -0.2) is 181 Å². The van der Waals surface area contributed by atoms with Crippen molar-refractivity contribution in [3.05, 3.63) is 48.6 Å². The van der Waals surface area contributed by atoms with Gasteiger partial charge in [-0.2, -0.15) is 0 Å². The van der Waals surface area contributed by atoms with E-state index in [4.69, 9.17) is 71.1 Å². The van der Waals surface area contributed by atoms with Crippen molar-refractivity contribution in [3.63, 3.8) is 0 Å². The van der Waals surface area contributed by atoms with E-state index in [2.05, 4.69) is 54.0 Å². The second-order valence-corrected chi connectivity index (χ2v) is 37.4. The first-order valence-corrected chi connectivity index (χ1v) is 43.5. The van der Waals surface area contributed by atoms with Gasteiger partial charge in [-0.25, -0.2) is 28.8 Å². The number of hydrogen-bond donors (Lipinski definition) is 0. The maximum atomic E-state index is 13.3. The highest BCUT2D eigenvalue weighted by Crippen LogP contribution is 2.65. The van der Waals surface area contributed by atoms with Crippen LogP contribution in [0.1, 0.15) is 217 Å². The second kappa shape index (κ2) is 35.5. The van der Waals surface area contributed by atoms with E-state index in [0.29, 0.717) is 24.8 Å². The van der Waals surface area contributed by atoms with Crippen molar-refractivity contribution in [2.45, 2.75) is 282 Å². The van der Waals surface area contributed by atoms with Crippen LogP contribution in [0.4, 0.5) is 0 Å². The number of hydrogen-bond acceptors (Lipinski definition) is 30. The monoisotopic (exact) mass is 1680 g/mol. The molecule has 30 heteroatoms. The number of rotatable bonds is 28. The van der Waals surface area contributed by atoms with E-state index < -0.39 is 179 Å². The molecule has 24 atom stereocenters. The minimum atomic E-state index is -0.742. The standard InChI is InChI=1S/2C23H30O8.C22H28O8.C22H30O6/c1-11(2)20(25)28-10-15(24)29-18-14-9-13-16(21(26)30-19(13)18)17(14)22(27)31-23(12(3)4)7-5-6-8-23;1-4-23(8-5-6-9-23)31-22(27)17-14-11-13-16(17)21(26)30-19(13)18(14)29-15(24)7-10-28-20(25)12(2)3;1-4-22(7-5-6-8-22)30-21(26)16-13-9-12-15(16)20(25)29-18(12)17(13)28-14(23)10-27-19(24)11(2)3;1-11(2)19(23)26-10-15-13-9-14-17(20(24)27-18(14)15)16(13)21(25)28-22(12(3)4)7-5-6-8-22/h12-14,16-19H,1,5-10H2,2-4H3;13-14,16-19H,2,4-11H2,1,3H3;12-13,15-18H,2,4-10H2,1,3H3;12-18H,1,5-10H2,2-4H3. The van der Waals surface area contributed by atoms with E-state index >= 15 is 0 Å². The van der Waals surface area contributed by atoms with Gasteiger partial charge in [0.2, 0.25) is 0 Å². The van der Waals surface area contributed by atoms with Crippen LogP contribution in [0.2, 0.25) is 0 Å². The molecule has 24 unspecified atom stereocenters. The molecule has 658 valence electrons. The summed E-state index contributed by atoms with van der Waals surface area (Å²) >= 11 is 0. The van der Waals surface area contributed by atoms with Crippen LogP contribution >= 0.6 is 0 Å².